The zero-order valence-electron chi connectivity index (χ0n) is 17.2. The van der Waals surface area contributed by atoms with E-state index in [1.165, 1.54) is 44.9 Å². The summed E-state index contributed by atoms with van der Waals surface area (Å²) >= 11 is 0. The Hall–Kier alpha value is -0.530. The molecule has 0 aliphatic heterocycles. The molecule has 0 radical (unpaired) electrons. The van der Waals surface area contributed by atoms with Crippen LogP contribution in [0.1, 0.15) is 120 Å². The molecular formula is C20H47NO. The van der Waals surface area contributed by atoms with Crippen molar-refractivity contribution in [3.05, 3.63) is 0 Å². The largest absolute Gasteiger partial charge is 0.356 e. The molecule has 0 aromatic heterocycles. The van der Waals surface area contributed by atoms with E-state index in [1.54, 1.807) is 0 Å². The molecule has 0 unspecified atom stereocenters. The SMILES string of the molecule is CC.CC.CC.CCCCCCCCNC(=O)CCCCC. The van der Waals surface area contributed by atoms with Crippen LogP contribution in [0.4, 0.5) is 0 Å². The van der Waals surface area contributed by atoms with E-state index >= 15 is 0 Å². The van der Waals surface area contributed by atoms with E-state index in [1.807, 2.05) is 41.5 Å². The summed E-state index contributed by atoms with van der Waals surface area (Å²) in [5.41, 5.74) is 0. The van der Waals surface area contributed by atoms with E-state index in [0.29, 0.717) is 6.42 Å². The van der Waals surface area contributed by atoms with Crippen LogP contribution in [0, 0.1) is 0 Å². The second-order valence-corrected chi connectivity index (χ2v) is 4.57. The van der Waals surface area contributed by atoms with Crippen LogP contribution in [0.25, 0.3) is 0 Å². The fraction of sp³-hybridized carbons (Fsp3) is 0.950. The van der Waals surface area contributed by atoms with Crippen LogP contribution in [0.2, 0.25) is 0 Å². The standard InChI is InChI=1S/C14H29NO.3C2H6/c1-3-5-7-8-9-11-13-15-14(16)12-10-6-4-2;3*1-2/h3-13H2,1-2H3,(H,15,16);3*1-2H3. The Morgan fingerprint density at radius 3 is 1.55 bits per heavy atom. The van der Waals surface area contributed by atoms with Gasteiger partial charge in [-0.05, 0) is 12.8 Å². The lowest BCUT2D eigenvalue weighted by atomic mass is 10.1. The van der Waals surface area contributed by atoms with Gasteiger partial charge in [0.1, 0.15) is 0 Å². The van der Waals surface area contributed by atoms with Crippen LogP contribution in [0.15, 0.2) is 0 Å². The maximum Gasteiger partial charge on any atom is 0.219 e. The highest BCUT2D eigenvalue weighted by molar-refractivity contribution is 5.75. The summed E-state index contributed by atoms with van der Waals surface area (Å²) in [5.74, 6) is 0.238. The Bertz CT molecular complexity index is 158. The highest BCUT2D eigenvalue weighted by Gasteiger charge is 1.99. The Balaban J connectivity index is -0.000000238. The van der Waals surface area contributed by atoms with Crippen molar-refractivity contribution in [3.63, 3.8) is 0 Å². The van der Waals surface area contributed by atoms with Crippen molar-refractivity contribution in [3.8, 4) is 0 Å². The van der Waals surface area contributed by atoms with E-state index in [2.05, 4.69) is 19.2 Å². The third-order valence-electron chi connectivity index (χ3n) is 2.86. The highest BCUT2D eigenvalue weighted by Crippen LogP contribution is 2.04. The lowest BCUT2D eigenvalue weighted by Crippen LogP contribution is -2.23. The number of carbonyl (C=O) groups is 1. The second-order valence-electron chi connectivity index (χ2n) is 4.57. The summed E-state index contributed by atoms with van der Waals surface area (Å²) < 4.78 is 0. The first-order valence-electron chi connectivity index (χ1n) is 10.1. The lowest BCUT2D eigenvalue weighted by Gasteiger charge is -2.04. The molecule has 0 fully saturated rings. The van der Waals surface area contributed by atoms with E-state index in [4.69, 9.17) is 0 Å². The van der Waals surface area contributed by atoms with Gasteiger partial charge in [-0.2, -0.15) is 0 Å². The summed E-state index contributed by atoms with van der Waals surface area (Å²) in [7, 11) is 0. The fourth-order valence-electron chi connectivity index (χ4n) is 1.76. The van der Waals surface area contributed by atoms with Crippen molar-refractivity contribution in [1.29, 1.82) is 0 Å². The van der Waals surface area contributed by atoms with E-state index in [9.17, 15) is 4.79 Å². The molecule has 138 valence electrons. The number of carbonyl (C=O) groups excluding carboxylic acids is 1. The minimum Gasteiger partial charge on any atom is -0.356 e. The molecule has 1 N–H and O–H groups in total. The first-order valence-corrected chi connectivity index (χ1v) is 10.1. The number of rotatable bonds is 11. The molecule has 0 aliphatic rings. The molecule has 22 heavy (non-hydrogen) atoms. The molecule has 0 aromatic carbocycles. The van der Waals surface area contributed by atoms with Crippen LogP contribution in [-0.2, 0) is 4.79 Å². The van der Waals surface area contributed by atoms with E-state index in [-0.39, 0.29) is 5.91 Å². The van der Waals surface area contributed by atoms with Crippen molar-refractivity contribution in [2.45, 2.75) is 120 Å². The summed E-state index contributed by atoms with van der Waals surface area (Å²) in [5, 5.41) is 2.99. The van der Waals surface area contributed by atoms with Crippen LogP contribution in [0.3, 0.4) is 0 Å². The first kappa shape index (κ1) is 29.5. The van der Waals surface area contributed by atoms with Crippen molar-refractivity contribution >= 4 is 5.91 Å². The van der Waals surface area contributed by atoms with Crippen molar-refractivity contribution in [1.82, 2.24) is 5.32 Å². The topological polar surface area (TPSA) is 29.1 Å². The normalized spacial score (nSPS) is 8.36. The van der Waals surface area contributed by atoms with E-state index < -0.39 is 0 Å². The maximum absolute atomic E-state index is 11.3. The third-order valence-corrected chi connectivity index (χ3v) is 2.86. The van der Waals surface area contributed by atoms with Gasteiger partial charge in [-0.1, -0.05) is 100 Å². The summed E-state index contributed by atoms with van der Waals surface area (Å²) in [4.78, 5) is 11.3. The summed E-state index contributed by atoms with van der Waals surface area (Å²) in [6.07, 6.45) is 11.8. The molecule has 2 nitrogen and oxygen atoms in total. The summed E-state index contributed by atoms with van der Waals surface area (Å²) in [6, 6.07) is 0. The zero-order chi connectivity index (χ0) is 18.1. The molecule has 0 rings (SSSR count). The van der Waals surface area contributed by atoms with Crippen molar-refractivity contribution in [2.24, 2.45) is 0 Å². The van der Waals surface area contributed by atoms with Gasteiger partial charge in [0.05, 0.1) is 0 Å². The Morgan fingerprint density at radius 1 is 0.636 bits per heavy atom. The van der Waals surface area contributed by atoms with Crippen LogP contribution >= 0.6 is 0 Å². The zero-order valence-corrected chi connectivity index (χ0v) is 17.2. The molecule has 0 aromatic rings. The van der Waals surface area contributed by atoms with Gasteiger partial charge in [0.25, 0.3) is 0 Å². The van der Waals surface area contributed by atoms with Gasteiger partial charge >= 0.3 is 0 Å². The van der Waals surface area contributed by atoms with Gasteiger partial charge in [-0.25, -0.2) is 0 Å². The van der Waals surface area contributed by atoms with Crippen LogP contribution < -0.4 is 5.32 Å². The third kappa shape index (κ3) is 36.6. The quantitative estimate of drug-likeness (QED) is 0.404. The van der Waals surface area contributed by atoms with Gasteiger partial charge < -0.3 is 5.32 Å². The Labute approximate surface area is 142 Å². The number of nitrogens with one attached hydrogen (secondary N) is 1. The number of hydrogen-bond acceptors (Lipinski definition) is 1. The Morgan fingerprint density at radius 2 is 1.05 bits per heavy atom. The van der Waals surface area contributed by atoms with Crippen molar-refractivity contribution < 1.29 is 4.79 Å². The average Bonchev–Trinajstić information content (AvgIpc) is 2.60. The maximum atomic E-state index is 11.3. The Kier molecular flexibility index (Phi) is 49.7. The molecule has 0 spiro atoms. The van der Waals surface area contributed by atoms with E-state index in [0.717, 1.165) is 19.4 Å². The van der Waals surface area contributed by atoms with Gasteiger partial charge in [-0.3, -0.25) is 4.79 Å². The second kappa shape index (κ2) is 37.1. The van der Waals surface area contributed by atoms with Gasteiger partial charge in [0.15, 0.2) is 0 Å². The van der Waals surface area contributed by atoms with Crippen molar-refractivity contribution in [2.75, 3.05) is 6.54 Å². The molecule has 1 amide bonds. The van der Waals surface area contributed by atoms with Gasteiger partial charge in [0.2, 0.25) is 5.91 Å². The van der Waals surface area contributed by atoms with Crippen LogP contribution in [-0.4, -0.2) is 12.5 Å². The smallest absolute Gasteiger partial charge is 0.219 e. The minimum absolute atomic E-state index is 0.238. The van der Waals surface area contributed by atoms with Gasteiger partial charge in [0, 0.05) is 13.0 Å². The minimum atomic E-state index is 0.238. The molecule has 0 saturated carbocycles. The van der Waals surface area contributed by atoms with Gasteiger partial charge in [-0.15, -0.1) is 0 Å². The first-order chi connectivity index (χ1) is 10.8. The molecule has 0 bridgehead atoms. The fourth-order valence-corrected chi connectivity index (χ4v) is 1.76. The molecule has 0 aliphatic carbocycles. The average molecular weight is 318 g/mol. The summed E-state index contributed by atoms with van der Waals surface area (Å²) in [6.45, 7) is 17.3. The lowest BCUT2D eigenvalue weighted by molar-refractivity contribution is -0.121. The number of unbranched alkanes of at least 4 members (excludes halogenated alkanes) is 7. The number of amides is 1. The molecular weight excluding hydrogens is 270 g/mol. The monoisotopic (exact) mass is 317 g/mol. The van der Waals surface area contributed by atoms with Crippen LogP contribution in [0.5, 0.6) is 0 Å². The predicted octanol–water partition coefficient (Wildman–Crippen LogP) is 7.12. The molecule has 0 atom stereocenters. The number of hydrogen-bond donors (Lipinski definition) is 1. The molecule has 2 heteroatoms. The predicted molar refractivity (Wildman–Crippen MR) is 105 cm³/mol. The molecule has 0 saturated heterocycles. The molecule has 0 heterocycles. The highest BCUT2D eigenvalue weighted by atomic mass is 16.1.